The first kappa shape index (κ1) is 33.5. The average molecular weight is 747 g/mol. The van der Waals surface area contributed by atoms with E-state index in [1.807, 2.05) is 30.3 Å². The first-order valence-electron chi connectivity index (χ1n) is 15.4. The number of nitrogen functional groups attached to an aromatic ring is 1. The van der Waals surface area contributed by atoms with E-state index in [9.17, 15) is 14.4 Å². The molecule has 6 atom stereocenters. The number of ether oxygens (including phenoxy) is 2. The molecule has 7 rings (SSSR count). The van der Waals surface area contributed by atoms with Crippen LogP contribution in [0.1, 0.15) is 29.9 Å². The molecule has 1 spiro atoms. The van der Waals surface area contributed by atoms with E-state index in [-0.39, 0.29) is 12.4 Å². The topological polar surface area (TPSA) is 212 Å². The fourth-order valence-corrected chi connectivity index (χ4v) is 7.61. The summed E-state index contributed by atoms with van der Waals surface area (Å²) in [6, 6.07) is 14.0. The molecule has 3 aliphatic heterocycles. The summed E-state index contributed by atoms with van der Waals surface area (Å²) in [5, 5.41) is 0. The van der Waals surface area contributed by atoms with E-state index in [2.05, 4.69) is 55.0 Å². The van der Waals surface area contributed by atoms with Crippen LogP contribution >= 0.6 is 23.8 Å². The summed E-state index contributed by atoms with van der Waals surface area (Å²) in [5.41, 5.74) is 15.5. The fraction of sp³-hybridized carbons (Fsp3) is 0.414. The number of fused-ring (bicyclic) bond motifs is 4. The molecule has 5 heterocycles. The molecular formula is C29H35BBrN7O9P-. The average Bonchev–Trinajstić information content (AvgIpc) is 3.81. The lowest BCUT2D eigenvalue weighted by atomic mass is 9.69. The number of benzene rings is 2. The van der Waals surface area contributed by atoms with Crippen LogP contribution in [0.4, 0.5) is 5.82 Å². The highest BCUT2D eigenvalue weighted by molar-refractivity contribution is 9.10. The van der Waals surface area contributed by atoms with Gasteiger partial charge in [-0.1, -0.05) is 51.7 Å². The third-order valence-corrected chi connectivity index (χ3v) is 9.87. The van der Waals surface area contributed by atoms with Gasteiger partial charge in [0.1, 0.15) is 17.9 Å². The Morgan fingerprint density at radius 2 is 1.90 bits per heavy atom. The van der Waals surface area contributed by atoms with Crippen molar-refractivity contribution in [3.8, 4) is 5.75 Å². The minimum atomic E-state index is -4.84. The Morgan fingerprint density at radius 3 is 2.67 bits per heavy atom. The van der Waals surface area contributed by atoms with Crippen LogP contribution in [0.15, 0.2) is 59.6 Å². The largest absolute Gasteiger partial charge is 0.534 e. The lowest BCUT2D eigenvalue weighted by Gasteiger charge is -2.36. The number of aromatic nitrogens is 4. The van der Waals surface area contributed by atoms with E-state index in [0.29, 0.717) is 29.0 Å². The second kappa shape index (κ2) is 13.4. The third kappa shape index (κ3) is 6.39. The Kier molecular flexibility index (Phi) is 9.33. The maximum Gasteiger partial charge on any atom is 0.469 e. The number of nitrogens with zero attached hydrogens (tertiary/aromatic N) is 5. The maximum absolute atomic E-state index is 11.7. The van der Waals surface area contributed by atoms with Gasteiger partial charge < -0.3 is 49.6 Å². The Labute approximate surface area is 284 Å². The smallest absolute Gasteiger partial charge is 0.469 e. The van der Waals surface area contributed by atoms with E-state index in [0.717, 1.165) is 29.5 Å². The Morgan fingerprint density at radius 1 is 1.10 bits per heavy atom. The Bertz CT molecular complexity index is 1840. The Hall–Kier alpha value is -3.00. The number of halogens is 1. The maximum atomic E-state index is 11.7. The molecular weight excluding hydrogens is 712 g/mol. The molecule has 2 fully saturated rings. The van der Waals surface area contributed by atoms with E-state index >= 15 is 0 Å². The van der Waals surface area contributed by atoms with Gasteiger partial charge in [-0.15, -0.1) is 0 Å². The first-order chi connectivity index (χ1) is 23.1. The Balaban J connectivity index is 1.17. The highest BCUT2D eigenvalue weighted by Crippen LogP contribution is 2.49. The number of nitrogens with two attached hydrogens (primary N) is 2. The molecule has 16 nitrogen and oxygen atoms in total. The number of anilines is 1. The predicted molar refractivity (Wildman–Crippen MR) is 177 cm³/mol. The van der Waals surface area contributed by atoms with Crippen LogP contribution < -0.4 is 21.7 Å². The van der Waals surface area contributed by atoms with Crippen molar-refractivity contribution in [3.05, 3.63) is 70.7 Å². The van der Waals surface area contributed by atoms with Crippen LogP contribution in [0.5, 0.6) is 5.75 Å². The molecule has 19 heteroatoms. The third-order valence-electron chi connectivity index (χ3n) is 8.69. The molecule has 3 aliphatic rings. The highest BCUT2D eigenvalue weighted by atomic mass is 79.9. The van der Waals surface area contributed by atoms with Crippen molar-refractivity contribution in [1.82, 2.24) is 24.4 Å². The van der Waals surface area contributed by atoms with Gasteiger partial charge in [0.2, 0.25) is 0 Å². The normalized spacial score (nSPS) is 26.5. The van der Waals surface area contributed by atoms with Gasteiger partial charge in [-0.2, -0.15) is 0 Å². The molecule has 0 aliphatic carbocycles. The second-order valence-corrected chi connectivity index (χ2v) is 14.0. The highest BCUT2D eigenvalue weighted by Gasteiger charge is 2.60. The molecule has 2 aromatic heterocycles. The summed E-state index contributed by atoms with van der Waals surface area (Å²) >= 11 is 3.65. The minimum Gasteiger partial charge on any atom is -0.534 e. The van der Waals surface area contributed by atoms with Crippen LogP contribution in [0.3, 0.4) is 0 Å². The van der Waals surface area contributed by atoms with Gasteiger partial charge in [0.15, 0.2) is 17.7 Å². The van der Waals surface area contributed by atoms with Gasteiger partial charge in [-0.25, -0.2) is 19.5 Å². The standard InChI is InChI=1S/C29H35BBrN7O9P/c1-37(13-17-6-3-2-4-7-17)10-5-11-42-19-9-8-18(31)22-20(12-32)45-30(23(19)22)46-25-21(14-43-48(39,40)41)44-29(26(25)47-30)38-16-36-24-27(33)34-15-35-28(24)38/h2-4,6-9,15-16,20-21,25-26,29H,5,10-14,32H2,1H3,(H2,33,34,35)(H2,39,40,41)/q-1/t20-,21-,25-,26-,29-,30+/m1/s1. The van der Waals surface area contributed by atoms with Gasteiger partial charge in [0.25, 0.3) is 0 Å². The summed E-state index contributed by atoms with van der Waals surface area (Å²) < 4.78 is 51.4. The van der Waals surface area contributed by atoms with Gasteiger partial charge in [-0.3, -0.25) is 9.09 Å². The molecule has 256 valence electrons. The van der Waals surface area contributed by atoms with Crippen LogP contribution in [0, 0.1) is 0 Å². The van der Waals surface area contributed by atoms with Crippen molar-refractivity contribution in [1.29, 1.82) is 0 Å². The summed E-state index contributed by atoms with van der Waals surface area (Å²) in [7, 11) is -2.78. The molecule has 6 N–H and O–H groups in total. The number of hydrogen-bond acceptors (Lipinski definition) is 13. The number of phosphoric acid groups is 1. The number of hydrogen-bond donors (Lipinski definition) is 4. The van der Waals surface area contributed by atoms with E-state index in [1.165, 1.54) is 18.2 Å². The molecule has 48 heavy (non-hydrogen) atoms. The monoisotopic (exact) mass is 746 g/mol. The zero-order valence-corrected chi connectivity index (χ0v) is 28.4. The SMILES string of the molecule is CN(CCCOc1ccc(Br)c2c1[B@-]1(O[C@@H]3[C@H](O1)[C@@H](COP(=O)(O)O)O[C@H]3n1cnc3c(N)ncnc31)O[C@@H]2CN)Cc1ccccc1. The quantitative estimate of drug-likeness (QED) is 0.0924. The van der Waals surface area contributed by atoms with Crippen molar-refractivity contribution in [2.75, 3.05) is 39.1 Å². The van der Waals surface area contributed by atoms with Crippen molar-refractivity contribution < 1.29 is 42.3 Å². The molecule has 0 bridgehead atoms. The zero-order chi connectivity index (χ0) is 33.6. The van der Waals surface area contributed by atoms with Gasteiger partial charge in [-0.05, 0) is 36.7 Å². The van der Waals surface area contributed by atoms with Gasteiger partial charge in [0.05, 0.1) is 43.6 Å². The molecule has 2 saturated heterocycles. The number of rotatable bonds is 12. The summed E-state index contributed by atoms with van der Waals surface area (Å²) in [6.45, 7) is -1.03. The van der Waals surface area contributed by atoms with Crippen LogP contribution in [0.2, 0.25) is 0 Å². The van der Waals surface area contributed by atoms with E-state index in [1.54, 1.807) is 4.57 Å². The van der Waals surface area contributed by atoms with Gasteiger partial charge in [0, 0.05) is 24.1 Å². The molecule has 0 radical (unpaired) electrons. The molecule has 2 aromatic carbocycles. The van der Waals surface area contributed by atoms with Gasteiger partial charge >= 0.3 is 14.6 Å². The summed E-state index contributed by atoms with van der Waals surface area (Å²) in [4.78, 5) is 33.9. The van der Waals surface area contributed by atoms with E-state index < -0.39 is 51.8 Å². The predicted octanol–water partition coefficient (Wildman–Crippen LogP) is 1.74. The summed E-state index contributed by atoms with van der Waals surface area (Å²) in [5.74, 6) is 0.694. The molecule has 0 unspecified atom stereocenters. The second-order valence-electron chi connectivity index (χ2n) is 11.9. The van der Waals surface area contributed by atoms with Crippen molar-refractivity contribution in [3.63, 3.8) is 0 Å². The molecule has 0 amide bonds. The zero-order valence-electron chi connectivity index (χ0n) is 25.9. The fourth-order valence-electron chi connectivity index (χ4n) is 6.67. The summed E-state index contributed by atoms with van der Waals surface area (Å²) in [6.07, 6.45) is -0.702. The minimum absolute atomic E-state index is 0.123. The van der Waals surface area contributed by atoms with Crippen LogP contribution in [-0.4, -0.2) is 92.6 Å². The lowest BCUT2D eigenvalue weighted by Crippen LogP contribution is -2.52. The molecule has 0 saturated carbocycles. The van der Waals surface area contributed by atoms with Crippen molar-refractivity contribution in [2.24, 2.45) is 5.73 Å². The number of imidazole rings is 1. The lowest BCUT2D eigenvalue weighted by molar-refractivity contribution is -0.0682. The van der Waals surface area contributed by atoms with Crippen LogP contribution in [-0.2, 0) is 34.3 Å². The first-order valence-corrected chi connectivity index (χ1v) is 17.7. The molecule has 4 aromatic rings. The van der Waals surface area contributed by atoms with Crippen molar-refractivity contribution >= 4 is 53.0 Å². The van der Waals surface area contributed by atoms with Crippen LogP contribution in [0.25, 0.3) is 11.2 Å². The van der Waals surface area contributed by atoms with E-state index in [4.69, 9.17) is 39.4 Å². The van der Waals surface area contributed by atoms with Crippen molar-refractivity contribution in [2.45, 2.75) is 43.6 Å². The number of phosphoric ester groups is 1.